The molecule has 1 rings (SSSR count). The fraction of sp³-hybridized carbons (Fsp3) is 0.444. The molecule has 0 aromatic carbocycles. The van der Waals surface area contributed by atoms with E-state index in [9.17, 15) is 14.4 Å². The summed E-state index contributed by atoms with van der Waals surface area (Å²) in [7, 11) is 0. The van der Waals surface area contributed by atoms with Gasteiger partial charge in [-0.1, -0.05) is 0 Å². The zero-order valence-corrected chi connectivity index (χ0v) is 8.42. The first-order chi connectivity index (χ1) is 7.35. The van der Waals surface area contributed by atoms with Gasteiger partial charge in [0.25, 0.3) is 0 Å². The SMILES string of the molecule is N[C@@]1(C(=O)O)CCN(C(=O)/C=C/C(=O)O)C1. The number of carbonyl (C=O) groups is 3. The highest BCUT2D eigenvalue weighted by atomic mass is 16.4. The second-order valence-electron chi connectivity index (χ2n) is 3.64. The van der Waals surface area contributed by atoms with Gasteiger partial charge in [-0.15, -0.1) is 0 Å². The highest BCUT2D eigenvalue weighted by Gasteiger charge is 2.42. The van der Waals surface area contributed by atoms with Crippen LogP contribution in [0.5, 0.6) is 0 Å². The zero-order chi connectivity index (χ0) is 12.3. The summed E-state index contributed by atoms with van der Waals surface area (Å²) in [5, 5.41) is 17.1. The molecule has 4 N–H and O–H groups in total. The average molecular weight is 228 g/mol. The van der Waals surface area contributed by atoms with Crippen molar-refractivity contribution >= 4 is 17.8 Å². The molecule has 1 saturated heterocycles. The zero-order valence-electron chi connectivity index (χ0n) is 8.42. The quantitative estimate of drug-likeness (QED) is 0.513. The molecule has 7 heteroatoms. The second kappa shape index (κ2) is 4.31. The first-order valence-corrected chi connectivity index (χ1v) is 4.57. The van der Waals surface area contributed by atoms with Crippen LogP contribution in [-0.4, -0.2) is 51.6 Å². The smallest absolute Gasteiger partial charge is 0.328 e. The lowest BCUT2D eigenvalue weighted by molar-refractivity contribution is -0.143. The molecule has 0 aromatic rings. The Bertz CT molecular complexity index is 365. The predicted molar refractivity (Wildman–Crippen MR) is 52.5 cm³/mol. The van der Waals surface area contributed by atoms with Crippen molar-refractivity contribution in [3.63, 3.8) is 0 Å². The van der Waals surface area contributed by atoms with Gasteiger partial charge in [-0.25, -0.2) is 4.79 Å². The third-order valence-corrected chi connectivity index (χ3v) is 2.41. The maximum Gasteiger partial charge on any atom is 0.328 e. The van der Waals surface area contributed by atoms with Gasteiger partial charge < -0.3 is 20.8 Å². The number of hydrogen-bond acceptors (Lipinski definition) is 4. The summed E-state index contributed by atoms with van der Waals surface area (Å²) in [6.07, 6.45) is 1.75. The molecule has 1 aliphatic rings. The molecule has 0 aliphatic carbocycles. The Morgan fingerprint density at radius 3 is 2.31 bits per heavy atom. The largest absolute Gasteiger partial charge is 0.480 e. The van der Waals surface area contributed by atoms with Crippen LogP contribution in [-0.2, 0) is 14.4 Å². The highest BCUT2D eigenvalue weighted by molar-refractivity contribution is 5.94. The number of likely N-dealkylation sites (tertiary alicyclic amines) is 1. The number of carboxylic acid groups (broad SMARTS) is 2. The number of nitrogens with two attached hydrogens (primary N) is 1. The molecule has 0 bridgehead atoms. The van der Waals surface area contributed by atoms with Gasteiger partial charge in [0.05, 0.1) is 0 Å². The van der Waals surface area contributed by atoms with Crippen molar-refractivity contribution in [2.24, 2.45) is 5.73 Å². The van der Waals surface area contributed by atoms with Crippen LogP contribution in [0.1, 0.15) is 6.42 Å². The maximum absolute atomic E-state index is 11.4. The number of nitrogens with zero attached hydrogens (tertiary/aromatic N) is 1. The van der Waals surface area contributed by atoms with E-state index in [0.717, 1.165) is 6.08 Å². The van der Waals surface area contributed by atoms with E-state index in [1.54, 1.807) is 0 Å². The van der Waals surface area contributed by atoms with E-state index in [2.05, 4.69) is 0 Å². The van der Waals surface area contributed by atoms with Crippen LogP contribution in [0.3, 0.4) is 0 Å². The molecular weight excluding hydrogens is 216 g/mol. The molecule has 1 amide bonds. The molecule has 0 unspecified atom stereocenters. The topological polar surface area (TPSA) is 121 Å². The fourth-order valence-corrected chi connectivity index (χ4v) is 1.44. The van der Waals surface area contributed by atoms with Crippen LogP contribution in [0, 0.1) is 0 Å². The van der Waals surface area contributed by atoms with Gasteiger partial charge in [0.1, 0.15) is 5.54 Å². The Balaban J connectivity index is 2.63. The van der Waals surface area contributed by atoms with Crippen molar-refractivity contribution in [3.8, 4) is 0 Å². The maximum atomic E-state index is 11.4. The lowest BCUT2D eigenvalue weighted by atomic mass is 10.0. The summed E-state index contributed by atoms with van der Waals surface area (Å²) in [6.45, 7) is 0.108. The summed E-state index contributed by atoms with van der Waals surface area (Å²) < 4.78 is 0. The monoisotopic (exact) mass is 228 g/mol. The summed E-state index contributed by atoms with van der Waals surface area (Å²) in [6, 6.07) is 0. The first-order valence-electron chi connectivity index (χ1n) is 4.57. The number of aliphatic carboxylic acids is 2. The van der Waals surface area contributed by atoms with Crippen molar-refractivity contribution < 1.29 is 24.6 Å². The molecule has 7 nitrogen and oxygen atoms in total. The third kappa shape index (κ3) is 2.57. The van der Waals surface area contributed by atoms with E-state index in [4.69, 9.17) is 15.9 Å². The minimum atomic E-state index is -1.42. The van der Waals surface area contributed by atoms with Gasteiger partial charge in [0, 0.05) is 25.2 Å². The Hall–Kier alpha value is -1.89. The van der Waals surface area contributed by atoms with Gasteiger partial charge in [-0.05, 0) is 6.42 Å². The summed E-state index contributed by atoms with van der Waals surface area (Å²) in [5.41, 5.74) is 4.13. The van der Waals surface area contributed by atoms with Crippen molar-refractivity contribution in [3.05, 3.63) is 12.2 Å². The van der Waals surface area contributed by atoms with Gasteiger partial charge >= 0.3 is 11.9 Å². The fourth-order valence-electron chi connectivity index (χ4n) is 1.44. The molecular formula is C9H12N2O5. The summed E-state index contributed by atoms with van der Waals surface area (Å²) in [5.74, 6) is -2.94. The summed E-state index contributed by atoms with van der Waals surface area (Å²) >= 11 is 0. The Labute approximate surface area is 91.1 Å². The number of hydrogen-bond donors (Lipinski definition) is 3. The molecule has 1 heterocycles. The Morgan fingerprint density at radius 1 is 1.25 bits per heavy atom. The number of amides is 1. The number of rotatable bonds is 3. The van der Waals surface area contributed by atoms with Crippen LogP contribution in [0.15, 0.2) is 12.2 Å². The van der Waals surface area contributed by atoms with Crippen LogP contribution < -0.4 is 5.73 Å². The van der Waals surface area contributed by atoms with E-state index in [1.165, 1.54) is 4.90 Å². The van der Waals surface area contributed by atoms with Gasteiger partial charge in [-0.2, -0.15) is 0 Å². The minimum absolute atomic E-state index is 0.106. The molecule has 0 aromatic heterocycles. The Morgan fingerprint density at radius 2 is 1.88 bits per heavy atom. The van der Waals surface area contributed by atoms with Crippen molar-refractivity contribution in [1.29, 1.82) is 0 Å². The van der Waals surface area contributed by atoms with Crippen LogP contribution in [0.25, 0.3) is 0 Å². The lowest BCUT2D eigenvalue weighted by Crippen LogP contribution is -2.50. The summed E-state index contributed by atoms with van der Waals surface area (Å²) in [4.78, 5) is 33.6. The van der Waals surface area contributed by atoms with E-state index < -0.39 is 23.4 Å². The first kappa shape index (κ1) is 12.2. The number of carboxylic acids is 2. The molecule has 0 saturated carbocycles. The van der Waals surface area contributed by atoms with Gasteiger partial charge in [0.15, 0.2) is 0 Å². The van der Waals surface area contributed by atoms with E-state index in [-0.39, 0.29) is 19.5 Å². The lowest BCUT2D eigenvalue weighted by Gasteiger charge is -2.18. The third-order valence-electron chi connectivity index (χ3n) is 2.41. The Kier molecular flexibility index (Phi) is 3.28. The molecule has 1 fully saturated rings. The normalized spacial score (nSPS) is 24.9. The van der Waals surface area contributed by atoms with E-state index >= 15 is 0 Å². The van der Waals surface area contributed by atoms with E-state index in [0.29, 0.717) is 6.08 Å². The molecule has 0 spiro atoms. The standard InChI is InChI=1S/C9H12N2O5/c10-9(8(15)16)3-4-11(5-9)6(12)1-2-7(13)14/h1-2H,3-5,10H2,(H,13,14)(H,15,16)/b2-1+/t9-/m0/s1. The molecule has 1 atom stereocenters. The van der Waals surface area contributed by atoms with Crippen molar-refractivity contribution in [1.82, 2.24) is 4.90 Å². The van der Waals surface area contributed by atoms with Gasteiger partial charge in [0.2, 0.25) is 5.91 Å². The van der Waals surface area contributed by atoms with E-state index in [1.807, 2.05) is 0 Å². The highest BCUT2D eigenvalue weighted by Crippen LogP contribution is 2.19. The van der Waals surface area contributed by atoms with Gasteiger partial charge in [-0.3, -0.25) is 9.59 Å². The second-order valence-corrected chi connectivity index (χ2v) is 3.64. The molecule has 88 valence electrons. The predicted octanol–water partition coefficient (Wildman–Crippen LogP) is -1.36. The van der Waals surface area contributed by atoms with Crippen LogP contribution in [0.2, 0.25) is 0 Å². The molecule has 1 aliphatic heterocycles. The van der Waals surface area contributed by atoms with Crippen LogP contribution in [0.4, 0.5) is 0 Å². The minimum Gasteiger partial charge on any atom is -0.480 e. The molecule has 0 radical (unpaired) electrons. The average Bonchev–Trinajstić information content (AvgIpc) is 2.59. The number of carbonyl (C=O) groups excluding carboxylic acids is 1. The van der Waals surface area contributed by atoms with Crippen molar-refractivity contribution in [2.75, 3.05) is 13.1 Å². The molecule has 16 heavy (non-hydrogen) atoms. The van der Waals surface area contributed by atoms with Crippen LogP contribution >= 0.6 is 0 Å². The van der Waals surface area contributed by atoms with Crippen molar-refractivity contribution in [2.45, 2.75) is 12.0 Å².